The van der Waals surface area contributed by atoms with Crippen LogP contribution in [0.15, 0.2) is 30.3 Å². The number of carbonyl (C=O) groups is 1. The average molecular weight is 262 g/mol. The van der Waals surface area contributed by atoms with Crippen molar-refractivity contribution in [3.05, 3.63) is 30.3 Å². The first-order chi connectivity index (χ1) is 9.34. The highest BCUT2D eigenvalue weighted by Gasteiger charge is 2.16. The summed E-state index contributed by atoms with van der Waals surface area (Å²) in [5, 5.41) is 6.23. The number of ether oxygens (including phenoxy) is 1. The van der Waals surface area contributed by atoms with Gasteiger partial charge in [-0.05, 0) is 44.0 Å². The summed E-state index contributed by atoms with van der Waals surface area (Å²) in [4.78, 5) is 11.7. The second kappa shape index (κ2) is 7.79. The number of hydrogen-bond donors (Lipinski definition) is 2. The Balaban J connectivity index is 1.56. The number of para-hydroxylation sites is 1. The highest BCUT2D eigenvalue weighted by atomic mass is 16.5. The molecular weight excluding hydrogens is 240 g/mol. The van der Waals surface area contributed by atoms with Crippen LogP contribution in [-0.2, 0) is 4.79 Å². The third-order valence-electron chi connectivity index (χ3n) is 3.31. The predicted octanol–water partition coefficient (Wildman–Crippen LogP) is 1.57. The SMILES string of the molecule is O=C(CC1CCCNC1)NCCOc1ccccc1. The molecule has 0 radical (unpaired) electrons. The van der Waals surface area contributed by atoms with Crippen molar-refractivity contribution >= 4 is 5.91 Å². The lowest BCUT2D eigenvalue weighted by Crippen LogP contribution is -2.35. The van der Waals surface area contributed by atoms with Crippen LogP contribution >= 0.6 is 0 Å². The highest BCUT2D eigenvalue weighted by molar-refractivity contribution is 5.76. The summed E-state index contributed by atoms with van der Waals surface area (Å²) in [7, 11) is 0. The van der Waals surface area contributed by atoms with E-state index in [1.165, 1.54) is 6.42 Å². The molecular formula is C15H22N2O2. The van der Waals surface area contributed by atoms with E-state index in [2.05, 4.69) is 10.6 Å². The van der Waals surface area contributed by atoms with Gasteiger partial charge in [-0.3, -0.25) is 4.79 Å². The van der Waals surface area contributed by atoms with E-state index < -0.39 is 0 Å². The van der Waals surface area contributed by atoms with Crippen LogP contribution in [-0.4, -0.2) is 32.1 Å². The largest absolute Gasteiger partial charge is 0.492 e. The van der Waals surface area contributed by atoms with E-state index >= 15 is 0 Å². The van der Waals surface area contributed by atoms with Crippen LogP contribution in [0.25, 0.3) is 0 Å². The minimum Gasteiger partial charge on any atom is -0.492 e. The minimum atomic E-state index is 0.130. The second-order valence-electron chi connectivity index (χ2n) is 4.93. The average Bonchev–Trinajstić information content (AvgIpc) is 2.46. The highest BCUT2D eigenvalue weighted by Crippen LogP contribution is 2.13. The Morgan fingerprint density at radius 1 is 1.37 bits per heavy atom. The van der Waals surface area contributed by atoms with Crippen LogP contribution in [0.4, 0.5) is 0 Å². The Bertz CT molecular complexity index is 375. The lowest BCUT2D eigenvalue weighted by atomic mass is 9.96. The molecule has 1 aromatic rings. The van der Waals surface area contributed by atoms with E-state index in [-0.39, 0.29) is 5.91 Å². The van der Waals surface area contributed by atoms with Crippen molar-refractivity contribution < 1.29 is 9.53 Å². The molecule has 4 heteroatoms. The van der Waals surface area contributed by atoms with Crippen LogP contribution in [0.3, 0.4) is 0 Å². The monoisotopic (exact) mass is 262 g/mol. The van der Waals surface area contributed by atoms with Crippen molar-refractivity contribution in [2.75, 3.05) is 26.2 Å². The summed E-state index contributed by atoms with van der Waals surface area (Å²) in [6, 6.07) is 9.64. The fourth-order valence-corrected chi connectivity index (χ4v) is 2.31. The van der Waals surface area contributed by atoms with Crippen LogP contribution in [0, 0.1) is 5.92 Å². The van der Waals surface area contributed by atoms with Gasteiger partial charge in [-0.1, -0.05) is 18.2 Å². The maximum absolute atomic E-state index is 11.7. The Morgan fingerprint density at radius 2 is 2.21 bits per heavy atom. The summed E-state index contributed by atoms with van der Waals surface area (Å²) >= 11 is 0. The zero-order valence-electron chi connectivity index (χ0n) is 11.2. The molecule has 19 heavy (non-hydrogen) atoms. The molecule has 4 nitrogen and oxygen atoms in total. The Kier molecular flexibility index (Phi) is 5.69. The number of carbonyl (C=O) groups excluding carboxylic acids is 1. The second-order valence-corrected chi connectivity index (χ2v) is 4.93. The zero-order valence-corrected chi connectivity index (χ0v) is 11.2. The standard InChI is InChI=1S/C15H22N2O2/c18-15(11-13-5-4-8-16-12-13)17-9-10-19-14-6-2-1-3-7-14/h1-3,6-7,13,16H,4-5,8-12H2,(H,17,18). The molecule has 0 aromatic heterocycles. The van der Waals surface area contributed by atoms with Gasteiger partial charge in [0, 0.05) is 6.42 Å². The first-order valence-electron chi connectivity index (χ1n) is 7.00. The maximum atomic E-state index is 11.7. The summed E-state index contributed by atoms with van der Waals surface area (Å²) in [5.74, 6) is 1.46. The quantitative estimate of drug-likeness (QED) is 0.765. The molecule has 0 bridgehead atoms. The smallest absolute Gasteiger partial charge is 0.220 e. The van der Waals surface area contributed by atoms with Gasteiger partial charge in [0.15, 0.2) is 0 Å². The van der Waals surface area contributed by atoms with E-state index in [9.17, 15) is 4.79 Å². The molecule has 1 fully saturated rings. The molecule has 1 atom stereocenters. The molecule has 2 N–H and O–H groups in total. The van der Waals surface area contributed by atoms with Crippen molar-refractivity contribution in [3.63, 3.8) is 0 Å². The molecule has 0 saturated carbocycles. The zero-order chi connectivity index (χ0) is 13.3. The van der Waals surface area contributed by atoms with Gasteiger partial charge in [-0.25, -0.2) is 0 Å². The van der Waals surface area contributed by atoms with E-state index in [1.54, 1.807) is 0 Å². The van der Waals surface area contributed by atoms with Gasteiger partial charge in [0.1, 0.15) is 12.4 Å². The molecule has 104 valence electrons. The number of benzene rings is 1. The van der Waals surface area contributed by atoms with E-state index in [1.807, 2.05) is 30.3 Å². The van der Waals surface area contributed by atoms with Gasteiger partial charge in [-0.2, -0.15) is 0 Å². The van der Waals surface area contributed by atoms with Crippen LogP contribution < -0.4 is 15.4 Å². The number of piperidine rings is 1. The summed E-state index contributed by atoms with van der Waals surface area (Å²) in [5.41, 5.74) is 0. The summed E-state index contributed by atoms with van der Waals surface area (Å²) in [6.45, 7) is 3.13. The van der Waals surface area contributed by atoms with Gasteiger partial charge in [0.25, 0.3) is 0 Å². The first kappa shape index (κ1) is 13.9. The Morgan fingerprint density at radius 3 is 2.95 bits per heavy atom. The third-order valence-corrected chi connectivity index (χ3v) is 3.31. The molecule has 1 amide bonds. The van der Waals surface area contributed by atoms with Gasteiger partial charge in [0.2, 0.25) is 5.91 Å². The molecule has 0 aliphatic carbocycles. The number of amides is 1. The molecule has 1 saturated heterocycles. The summed E-state index contributed by atoms with van der Waals surface area (Å²) < 4.78 is 5.52. The first-order valence-corrected chi connectivity index (χ1v) is 7.00. The van der Waals surface area contributed by atoms with Crippen molar-refractivity contribution in [2.45, 2.75) is 19.3 Å². The lowest BCUT2D eigenvalue weighted by molar-refractivity contribution is -0.122. The van der Waals surface area contributed by atoms with Crippen molar-refractivity contribution in [2.24, 2.45) is 5.92 Å². The molecule has 1 aliphatic heterocycles. The minimum absolute atomic E-state index is 0.130. The predicted molar refractivity (Wildman–Crippen MR) is 75.2 cm³/mol. The maximum Gasteiger partial charge on any atom is 0.220 e. The molecule has 1 aliphatic rings. The van der Waals surface area contributed by atoms with E-state index in [0.29, 0.717) is 25.5 Å². The van der Waals surface area contributed by atoms with Crippen LogP contribution in [0.1, 0.15) is 19.3 Å². The van der Waals surface area contributed by atoms with Crippen molar-refractivity contribution in [3.8, 4) is 5.75 Å². The fourth-order valence-electron chi connectivity index (χ4n) is 2.31. The molecule has 2 rings (SSSR count). The normalized spacial score (nSPS) is 18.8. The summed E-state index contributed by atoms with van der Waals surface area (Å²) in [6.07, 6.45) is 2.95. The van der Waals surface area contributed by atoms with Gasteiger partial charge < -0.3 is 15.4 Å². The topological polar surface area (TPSA) is 50.4 Å². The van der Waals surface area contributed by atoms with Gasteiger partial charge in [0.05, 0.1) is 6.54 Å². The Hall–Kier alpha value is -1.55. The number of hydrogen-bond acceptors (Lipinski definition) is 3. The fraction of sp³-hybridized carbons (Fsp3) is 0.533. The van der Waals surface area contributed by atoms with Gasteiger partial charge >= 0.3 is 0 Å². The van der Waals surface area contributed by atoms with Crippen LogP contribution in [0.5, 0.6) is 5.75 Å². The van der Waals surface area contributed by atoms with E-state index in [0.717, 1.165) is 25.3 Å². The van der Waals surface area contributed by atoms with Crippen molar-refractivity contribution in [1.29, 1.82) is 0 Å². The molecule has 1 heterocycles. The molecule has 1 aromatic carbocycles. The Labute approximate surface area is 114 Å². The lowest BCUT2D eigenvalue weighted by Gasteiger charge is -2.22. The third kappa shape index (κ3) is 5.30. The van der Waals surface area contributed by atoms with Crippen LogP contribution in [0.2, 0.25) is 0 Å². The van der Waals surface area contributed by atoms with E-state index in [4.69, 9.17) is 4.74 Å². The van der Waals surface area contributed by atoms with Gasteiger partial charge in [-0.15, -0.1) is 0 Å². The van der Waals surface area contributed by atoms with Crippen molar-refractivity contribution in [1.82, 2.24) is 10.6 Å². The number of rotatable bonds is 6. The number of nitrogens with one attached hydrogen (secondary N) is 2. The molecule has 1 unspecified atom stereocenters. The molecule has 0 spiro atoms.